The highest BCUT2D eigenvalue weighted by molar-refractivity contribution is 6.30. The highest BCUT2D eigenvalue weighted by atomic mass is 35.5. The molecule has 1 fully saturated rings. The molecule has 1 heterocycles. The van der Waals surface area contributed by atoms with E-state index in [0.29, 0.717) is 0 Å². The van der Waals surface area contributed by atoms with E-state index in [9.17, 15) is 5.11 Å². The molecular formula is C12H16ClNO. The van der Waals surface area contributed by atoms with Gasteiger partial charge in [-0.25, -0.2) is 0 Å². The highest BCUT2D eigenvalue weighted by Gasteiger charge is 2.22. The molecule has 15 heavy (non-hydrogen) atoms. The number of rotatable bonds is 3. The lowest BCUT2D eigenvalue weighted by atomic mass is 10.1. The predicted octanol–water partition coefficient (Wildman–Crippen LogP) is 2.47. The Bertz CT molecular complexity index is 306. The van der Waals surface area contributed by atoms with E-state index in [0.717, 1.165) is 23.7 Å². The molecule has 82 valence electrons. The highest BCUT2D eigenvalue weighted by Crippen LogP contribution is 2.25. The fraction of sp³-hybridized carbons (Fsp3) is 0.500. The molecule has 1 aromatic rings. The van der Waals surface area contributed by atoms with E-state index in [1.165, 1.54) is 12.8 Å². The molecule has 0 bridgehead atoms. The number of nitrogens with zero attached hydrogens (tertiary/aromatic N) is 1. The summed E-state index contributed by atoms with van der Waals surface area (Å²) < 4.78 is 0. The molecule has 2 rings (SSSR count). The van der Waals surface area contributed by atoms with Gasteiger partial charge in [0.25, 0.3) is 0 Å². The molecule has 1 atom stereocenters. The van der Waals surface area contributed by atoms with Gasteiger partial charge in [-0.05, 0) is 43.6 Å². The maximum atomic E-state index is 9.43. The lowest BCUT2D eigenvalue weighted by molar-refractivity contribution is 0.147. The Morgan fingerprint density at radius 3 is 2.33 bits per heavy atom. The Morgan fingerprint density at radius 1 is 1.20 bits per heavy atom. The molecule has 0 aromatic heterocycles. The van der Waals surface area contributed by atoms with E-state index in [2.05, 4.69) is 4.90 Å². The standard InChI is InChI=1S/C12H16ClNO/c13-11-5-3-10(4-6-11)12(9-15)14-7-1-2-8-14/h3-6,12,15H,1-2,7-9H2/t12-/m0/s1. The van der Waals surface area contributed by atoms with Crippen LogP contribution in [-0.2, 0) is 0 Å². The van der Waals surface area contributed by atoms with Crippen LogP contribution in [0.15, 0.2) is 24.3 Å². The lowest BCUT2D eigenvalue weighted by Crippen LogP contribution is -2.28. The Morgan fingerprint density at radius 2 is 1.80 bits per heavy atom. The van der Waals surface area contributed by atoms with Gasteiger partial charge in [-0.3, -0.25) is 4.90 Å². The maximum absolute atomic E-state index is 9.43. The lowest BCUT2D eigenvalue weighted by Gasteiger charge is -2.26. The summed E-state index contributed by atoms with van der Waals surface area (Å²) >= 11 is 5.84. The molecule has 2 nitrogen and oxygen atoms in total. The molecule has 0 unspecified atom stereocenters. The molecule has 1 saturated heterocycles. The van der Waals surface area contributed by atoms with E-state index in [-0.39, 0.29) is 12.6 Å². The fourth-order valence-electron chi connectivity index (χ4n) is 2.17. The Labute approximate surface area is 95.5 Å². The first kappa shape index (κ1) is 10.9. The van der Waals surface area contributed by atoms with Gasteiger partial charge in [0, 0.05) is 5.02 Å². The van der Waals surface area contributed by atoms with Gasteiger partial charge in [-0.15, -0.1) is 0 Å². The Hall–Kier alpha value is -0.570. The molecule has 1 N–H and O–H groups in total. The quantitative estimate of drug-likeness (QED) is 0.855. The first-order valence-electron chi connectivity index (χ1n) is 5.41. The number of hydrogen-bond acceptors (Lipinski definition) is 2. The molecule has 0 spiro atoms. The first-order chi connectivity index (χ1) is 7.31. The summed E-state index contributed by atoms with van der Waals surface area (Å²) in [5, 5.41) is 10.2. The second-order valence-electron chi connectivity index (χ2n) is 3.99. The summed E-state index contributed by atoms with van der Waals surface area (Å²) in [6.45, 7) is 2.36. The third-order valence-electron chi connectivity index (χ3n) is 3.01. The van der Waals surface area contributed by atoms with E-state index >= 15 is 0 Å². The van der Waals surface area contributed by atoms with Gasteiger partial charge in [-0.2, -0.15) is 0 Å². The number of aliphatic hydroxyl groups is 1. The molecule has 1 aliphatic heterocycles. The third-order valence-corrected chi connectivity index (χ3v) is 3.26. The van der Waals surface area contributed by atoms with Crippen molar-refractivity contribution in [2.75, 3.05) is 19.7 Å². The zero-order chi connectivity index (χ0) is 10.7. The topological polar surface area (TPSA) is 23.5 Å². The summed E-state index contributed by atoms with van der Waals surface area (Å²) in [6, 6.07) is 7.92. The van der Waals surface area contributed by atoms with Crippen LogP contribution in [0.2, 0.25) is 5.02 Å². The Balaban J connectivity index is 2.14. The number of hydrogen-bond donors (Lipinski definition) is 1. The van der Waals surface area contributed by atoms with Crippen molar-refractivity contribution in [2.24, 2.45) is 0 Å². The average Bonchev–Trinajstić information content (AvgIpc) is 2.75. The SMILES string of the molecule is OC[C@@H](c1ccc(Cl)cc1)N1CCCC1. The van der Waals surface area contributed by atoms with E-state index in [1.807, 2.05) is 24.3 Å². The molecule has 3 heteroatoms. The van der Waals surface area contributed by atoms with Gasteiger partial charge in [0.15, 0.2) is 0 Å². The summed E-state index contributed by atoms with van der Waals surface area (Å²) in [5.41, 5.74) is 1.16. The minimum Gasteiger partial charge on any atom is -0.394 e. The zero-order valence-electron chi connectivity index (χ0n) is 8.69. The average molecular weight is 226 g/mol. The Kier molecular flexibility index (Phi) is 3.62. The van der Waals surface area contributed by atoms with Gasteiger partial charge in [0.1, 0.15) is 0 Å². The first-order valence-corrected chi connectivity index (χ1v) is 5.79. The van der Waals surface area contributed by atoms with Crippen LogP contribution in [0, 0.1) is 0 Å². The minimum atomic E-state index is 0.143. The van der Waals surface area contributed by atoms with Gasteiger partial charge < -0.3 is 5.11 Å². The van der Waals surface area contributed by atoms with Crippen molar-refractivity contribution >= 4 is 11.6 Å². The van der Waals surface area contributed by atoms with Crippen molar-refractivity contribution in [1.29, 1.82) is 0 Å². The van der Waals surface area contributed by atoms with Crippen LogP contribution in [0.3, 0.4) is 0 Å². The van der Waals surface area contributed by atoms with Crippen LogP contribution in [0.25, 0.3) is 0 Å². The second-order valence-corrected chi connectivity index (χ2v) is 4.43. The number of halogens is 1. The molecule has 1 aromatic carbocycles. The number of benzene rings is 1. The zero-order valence-corrected chi connectivity index (χ0v) is 9.45. The molecule has 0 radical (unpaired) electrons. The molecule has 1 aliphatic rings. The summed E-state index contributed by atoms with van der Waals surface area (Å²) in [7, 11) is 0. The molecule has 0 amide bonds. The fourth-order valence-corrected chi connectivity index (χ4v) is 2.30. The van der Waals surface area contributed by atoms with Crippen molar-refractivity contribution in [3.8, 4) is 0 Å². The van der Waals surface area contributed by atoms with E-state index in [4.69, 9.17) is 11.6 Å². The van der Waals surface area contributed by atoms with Crippen LogP contribution in [0.5, 0.6) is 0 Å². The maximum Gasteiger partial charge on any atom is 0.0628 e. The van der Waals surface area contributed by atoms with E-state index in [1.54, 1.807) is 0 Å². The second kappa shape index (κ2) is 4.97. The molecule has 0 aliphatic carbocycles. The summed E-state index contributed by atoms with van der Waals surface area (Å²) in [4.78, 5) is 2.34. The predicted molar refractivity (Wildman–Crippen MR) is 62.1 cm³/mol. The smallest absolute Gasteiger partial charge is 0.0628 e. The number of likely N-dealkylation sites (tertiary alicyclic amines) is 1. The van der Waals surface area contributed by atoms with Crippen molar-refractivity contribution in [1.82, 2.24) is 4.90 Å². The minimum absolute atomic E-state index is 0.143. The normalized spacial score (nSPS) is 19.3. The molecule has 0 saturated carbocycles. The monoisotopic (exact) mass is 225 g/mol. The van der Waals surface area contributed by atoms with Crippen LogP contribution >= 0.6 is 11.6 Å². The van der Waals surface area contributed by atoms with Gasteiger partial charge in [0.05, 0.1) is 12.6 Å². The van der Waals surface area contributed by atoms with Crippen LogP contribution in [0.1, 0.15) is 24.4 Å². The van der Waals surface area contributed by atoms with Crippen LogP contribution in [-0.4, -0.2) is 29.7 Å². The van der Waals surface area contributed by atoms with Gasteiger partial charge in [0.2, 0.25) is 0 Å². The van der Waals surface area contributed by atoms with Crippen LogP contribution < -0.4 is 0 Å². The summed E-state index contributed by atoms with van der Waals surface area (Å²) in [5.74, 6) is 0. The molecular weight excluding hydrogens is 210 g/mol. The van der Waals surface area contributed by atoms with Gasteiger partial charge in [-0.1, -0.05) is 23.7 Å². The van der Waals surface area contributed by atoms with Gasteiger partial charge >= 0.3 is 0 Å². The largest absolute Gasteiger partial charge is 0.394 e. The number of aliphatic hydroxyl groups excluding tert-OH is 1. The van der Waals surface area contributed by atoms with Crippen molar-refractivity contribution < 1.29 is 5.11 Å². The summed E-state index contributed by atoms with van der Waals surface area (Å²) in [6.07, 6.45) is 2.48. The third kappa shape index (κ3) is 2.51. The van der Waals surface area contributed by atoms with Crippen molar-refractivity contribution in [2.45, 2.75) is 18.9 Å². The van der Waals surface area contributed by atoms with Crippen molar-refractivity contribution in [3.63, 3.8) is 0 Å². The van der Waals surface area contributed by atoms with Crippen LogP contribution in [0.4, 0.5) is 0 Å². The van der Waals surface area contributed by atoms with E-state index < -0.39 is 0 Å². The van der Waals surface area contributed by atoms with Crippen molar-refractivity contribution in [3.05, 3.63) is 34.9 Å².